The van der Waals surface area contributed by atoms with Crippen molar-refractivity contribution in [2.75, 3.05) is 13.2 Å². The first-order valence-corrected chi connectivity index (χ1v) is 6.58. The molecule has 0 spiro atoms. The number of halogens is 2. The zero-order chi connectivity index (χ0) is 13.2. The lowest BCUT2D eigenvalue weighted by molar-refractivity contribution is -0.154. The molecule has 3 nitrogen and oxygen atoms in total. The van der Waals surface area contributed by atoms with E-state index in [9.17, 15) is 14.3 Å². The standard InChI is InChI=1S/C13H14BrFO3/c14-10-7-9(1-2-11(10)15)8-13(12(16)17)3-5-18-6-4-13/h1-2,7H,3-6,8H2,(H,16,17). The van der Waals surface area contributed by atoms with Crippen LogP contribution in [-0.2, 0) is 16.0 Å². The molecule has 0 aromatic heterocycles. The quantitative estimate of drug-likeness (QED) is 0.932. The summed E-state index contributed by atoms with van der Waals surface area (Å²) in [6.45, 7) is 0.934. The second-order valence-electron chi connectivity index (χ2n) is 4.62. The van der Waals surface area contributed by atoms with Crippen molar-refractivity contribution < 1.29 is 19.0 Å². The van der Waals surface area contributed by atoms with Crippen LogP contribution in [-0.4, -0.2) is 24.3 Å². The first-order valence-electron chi connectivity index (χ1n) is 5.79. The van der Waals surface area contributed by atoms with Gasteiger partial charge in [0.05, 0.1) is 9.89 Å². The zero-order valence-corrected chi connectivity index (χ0v) is 11.4. The predicted octanol–water partition coefficient (Wildman–Crippen LogP) is 3.01. The van der Waals surface area contributed by atoms with Crippen LogP contribution >= 0.6 is 15.9 Å². The minimum absolute atomic E-state index is 0.338. The van der Waals surface area contributed by atoms with Crippen LogP contribution in [0.4, 0.5) is 4.39 Å². The van der Waals surface area contributed by atoms with Gasteiger partial charge in [-0.25, -0.2) is 4.39 Å². The molecule has 0 radical (unpaired) electrons. The molecule has 18 heavy (non-hydrogen) atoms. The highest BCUT2D eigenvalue weighted by atomic mass is 79.9. The molecule has 5 heteroatoms. The molecule has 0 atom stereocenters. The van der Waals surface area contributed by atoms with Gasteiger partial charge in [0.15, 0.2) is 0 Å². The maximum atomic E-state index is 13.1. The second kappa shape index (κ2) is 5.36. The summed E-state index contributed by atoms with van der Waals surface area (Å²) in [5.41, 5.74) is 0.0442. The number of rotatable bonds is 3. The first-order chi connectivity index (χ1) is 8.53. The largest absolute Gasteiger partial charge is 0.481 e. The minimum Gasteiger partial charge on any atom is -0.481 e. The van der Waals surface area contributed by atoms with Crippen LogP contribution in [0.1, 0.15) is 18.4 Å². The normalized spacial score (nSPS) is 18.6. The highest BCUT2D eigenvalue weighted by Gasteiger charge is 2.40. The average molecular weight is 317 g/mol. The molecule has 2 rings (SSSR count). The smallest absolute Gasteiger partial charge is 0.310 e. The summed E-state index contributed by atoms with van der Waals surface area (Å²) in [5.74, 6) is -1.14. The van der Waals surface area contributed by atoms with Gasteiger partial charge in [0.2, 0.25) is 0 Å². The van der Waals surface area contributed by atoms with Crippen molar-refractivity contribution >= 4 is 21.9 Å². The van der Waals surface area contributed by atoms with Gasteiger partial charge >= 0.3 is 5.97 Å². The van der Waals surface area contributed by atoms with E-state index in [-0.39, 0.29) is 5.82 Å². The molecule has 0 aliphatic carbocycles. The first kappa shape index (κ1) is 13.5. The number of aliphatic carboxylic acids is 1. The minimum atomic E-state index is -0.800. The van der Waals surface area contributed by atoms with Crippen LogP contribution in [0.2, 0.25) is 0 Å². The van der Waals surface area contributed by atoms with Crippen molar-refractivity contribution in [2.24, 2.45) is 5.41 Å². The van der Waals surface area contributed by atoms with Gasteiger partial charge in [-0.05, 0) is 52.9 Å². The van der Waals surface area contributed by atoms with Crippen molar-refractivity contribution in [3.8, 4) is 0 Å². The lowest BCUT2D eigenvalue weighted by atomic mass is 9.75. The zero-order valence-electron chi connectivity index (χ0n) is 9.79. The summed E-state index contributed by atoms with van der Waals surface area (Å²) in [4.78, 5) is 11.5. The third kappa shape index (κ3) is 2.72. The third-order valence-electron chi connectivity index (χ3n) is 3.43. The Labute approximate surface area is 113 Å². The van der Waals surface area contributed by atoms with Crippen molar-refractivity contribution in [3.63, 3.8) is 0 Å². The Morgan fingerprint density at radius 1 is 1.44 bits per heavy atom. The van der Waals surface area contributed by atoms with Crippen LogP contribution in [0, 0.1) is 11.2 Å². The molecular weight excluding hydrogens is 303 g/mol. The van der Waals surface area contributed by atoms with E-state index in [2.05, 4.69) is 15.9 Å². The second-order valence-corrected chi connectivity index (χ2v) is 5.48. The van der Waals surface area contributed by atoms with Gasteiger partial charge in [0.1, 0.15) is 5.82 Å². The number of carboxylic acid groups (broad SMARTS) is 1. The van der Waals surface area contributed by atoms with Gasteiger partial charge in [-0.3, -0.25) is 4.79 Å². The highest BCUT2D eigenvalue weighted by molar-refractivity contribution is 9.10. The molecule has 1 fully saturated rings. The Balaban J connectivity index is 2.23. The molecule has 1 aliphatic rings. The van der Waals surface area contributed by atoms with Gasteiger partial charge in [-0.1, -0.05) is 6.07 Å². The van der Waals surface area contributed by atoms with E-state index < -0.39 is 11.4 Å². The molecule has 0 amide bonds. The summed E-state index contributed by atoms with van der Waals surface area (Å²) in [6, 6.07) is 4.64. The molecule has 1 aromatic rings. The Morgan fingerprint density at radius 2 is 2.11 bits per heavy atom. The average Bonchev–Trinajstić information content (AvgIpc) is 2.35. The van der Waals surface area contributed by atoms with E-state index >= 15 is 0 Å². The molecule has 98 valence electrons. The molecule has 0 unspecified atom stereocenters. The maximum Gasteiger partial charge on any atom is 0.310 e. The predicted molar refractivity (Wildman–Crippen MR) is 67.9 cm³/mol. The summed E-state index contributed by atoms with van der Waals surface area (Å²) >= 11 is 3.12. The Bertz CT molecular complexity index is 456. The van der Waals surface area contributed by atoms with E-state index in [1.165, 1.54) is 6.07 Å². The van der Waals surface area contributed by atoms with Gasteiger partial charge in [0, 0.05) is 13.2 Å². The molecule has 1 aromatic carbocycles. The lowest BCUT2D eigenvalue weighted by Gasteiger charge is -2.33. The topological polar surface area (TPSA) is 46.5 Å². The van der Waals surface area contributed by atoms with E-state index in [1.54, 1.807) is 12.1 Å². The van der Waals surface area contributed by atoms with Crippen molar-refractivity contribution in [2.45, 2.75) is 19.3 Å². The SMILES string of the molecule is O=C(O)C1(Cc2ccc(F)c(Br)c2)CCOCC1. The monoisotopic (exact) mass is 316 g/mol. The third-order valence-corrected chi connectivity index (χ3v) is 4.04. The Kier molecular flexibility index (Phi) is 4.02. The fourth-order valence-electron chi connectivity index (χ4n) is 2.27. The number of hydrogen-bond donors (Lipinski definition) is 1. The van der Waals surface area contributed by atoms with Crippen LogP contribution in [0.5, 0.6) is 0 Å². The van der Waals surface area contributed by atoms with E-state index in [4.69, 9.17) is 4.74 Å². The van der Waals surface area contributed by atoms with Crippen molar-refractivity contribution in [1.82, 2.24) is 0 Å². The molecular formula is C13H14BrFO3. The summed E-state index contributed by atoms with van der Waals surface area (Å²) in [7, 11) is 0. The molecule has 1 aliphatic heterocycles. The van der Waals surface area contributed by atoms with Gasteiger partial charge in [0.25, 0.3) is 0 Å². The summed E-state index contributed by atoms with van der Waals surface area (Å²) < 4.78 is 18.7. The molecule has 1 saturated heterocycles. The number of benzene rings is 1. The van der Waals surface area contributed by atoms with Crippen LogP contribution in [0.15, 0.2) is 22.7 Å². The van der Waals surface area contributed by atoms with Crippen LogP contribution < -0.4 is 0 Å². The van der Waals surface area contributed by atoms with E-state index in [0.29, 0.717) is 36.9 Å². The van der Waals surface area contributed by atoms with Crippen molar-refractivity contribution in [3.05, 3.63) is 34.1 Å². The Hall–Kier alpha value is -0.940. The molecule has 0 saturated carbocycles. The van der Waals surface area contributed by atoms with E-state index in [1.807, 2.05) is 0 Å². The van der Waals surface area contributed by atoms with Crippen LogP contribution in [0.25, 0.3) is 0 Å². The fourth-order valence-corrected chi connectivity index (χ4v) is 2.69. The fraction of sp³-hybridized carbons (Fsp3) is 0.462. The van der Waals surface area contributed by atoms with E-state index in [0.717, 1.165) is 5.56 Å². The number of hydrogen-bond acceptors (Lipinski definition) is 2. The maximum absolute atomic E-state index is 13.1. The summed E-state index contributed by atoms with van der Waals surface area (Å²) in [6.07, 6.45) is 1.40. The highest BCUT2D eigenvalue weighted by Crippen LogP contribution is 2.35. The molecule has 1 heterocycles. The van der Waals surface area contributed by atoms with Crippen molar-refractivity contribution in [1.29, 1.82) is 0 Å². The molecule has 0 bridgehead atoms. The Morgan fingerprint density at radius 3 is 2.67 bits per heavy atom. The number of carbonyl (C=O) groups is 1. The lowest BCUT2D eigenvalue weighted by Crippen LogP contribution is -2.39. The van der Waals surface area contributed by atoms with Gasteiger partial charge in [-0.2, -0.15) is 0 Å². The number of ether oxygens (including phenoxy) is 1. The number of carboxylic acids is 1. The van der Waals surface area contributed by atoms with Crippen LogP contribution in [0.3, 0.4) is 0 Å². The summed E-state index contributed by atoms with van der Waals surface area (Å²) in [5, 5.41) is 9.43. The van der Waals surface area contributed by atoms with Gasteiger partial charge < -0.3 is 9.84 Å². The van der Waals surface area contributed by atoms with Gasteiger partial charge in [-0.15, -0.1) is 0 Å². The molecule has 1 N–H and O–H groups in total.